The number of benzene rings is 1. The van der Waals surface area contributed by atoms with Crippen LogP contribution in [-0.4, -0.2) is 27.0 Å². The van der Waals surface area contributed by atoms with Gasteiger partial charge >= 0.3 is 6.18 Å². The van der Waals surface area contributed by atoms with E-state index < -0.39 is 11.7 Å². The van der Waals surface area contributed by atoms with Crippen LogP contribution in [0.3, 0.4) is 0 Å². The first kappa shape index (κ1) is 15.1. The number of hydrogen-bond donors (Lipinski definition) is 1. The van der Waals surface area contributed by atoms with Gasteiger partial charge in [-0.05, 0) is 31.2 Å². The smallest absolute Gasteiger partial charge is 0.416 e. The molecular formula is C14H11F3N4O2. The van der Waals surface area contributed by atoms with E-state index >= 15 is 0 Å². The zero-order valence-corrected chi connectivity index (χ0v) is 12.1. The molecule has 23 heavy (non-hydrogen) atoms. The number of nitrogens with zero attached hydrogens (tertiary/aromatic N) is 3. The molecule has 0 unspecified atom stereocenters. The molecule has 3 rings (SSSR count). The number of halogens is 3. The Hall–Kier alpha value is -2.84. The summed E-state index contributed by atoms with van der Waals surface area (Å²) in [6.07, 6.45) is -4.40. The summed E-state index contributed by atoms with van der Waals surface area (Å²) < 4.78 is 48.2. The number of imidazole rings is 1. The Kier molecular flexibility index (Phi) is 3.55. The van der Waals surface area contributed by atoms with Crippen LogP contribution in [0.5, 0.6) is 17.5 Å². The fourth-order valence-electron chi connectivity index (χ4n) is 1.94. The fourth-order valence-corrected chi connectivity index (χ4v) is 1.94. The highest BCUT2D eigenvalue weighted by molar-refractivity contribution is 5.67. The second-order valence-corrected chi connectivity index (χ2v) is 4.66. The van der Waals surface area contributed by atoms with Gasteiger partial charge in [-0.15, -0.1) is 0 Å². The van der Waals surface area contributed by atoms with Gasteiger partial charge in [0.25, 0.3) is 11.8 Å². The highest BCUT2D eigenvalue weighted by Gasteiger charge is 2.30. The van der Waals surface area contributed by atoms with E-state index in [9.17, 15) is 13.2 Å². The number of hydrogen-bond acceptors (Lipinski definition) is 5. The monoisotopic (exact) mass is 324 g/mol. The molecule has 0 aliphatic rings. The Morgan fingerprint density at radius 2 is 1.70 bits per heavy atom. The van der Waals surface area contributed by atoms with Crippen LogP contribution in [-0.2, 0) is 6.18 Å². The molecular weight excluding hydrogens is 313 g/mol. The van der Waals surface area contributed by atoms with Crippen molar-refractivity contribution in [2.75, 3.05) is 7.11 Å². The molecule has 0 saturated carbocycles. The normalized spacial score (nSPS) is 11.7. The molecule has 120 valence electrons. The summed E-state index contributed by atoms with van der Waals surface area (Å²) in [5.41, 5.74) is -0.00870. The van der Waals surface area contributed by atoms with Crippen LogP contribution >= 0.6 is 0 Å². The van der Waals surface area contributed by atoms with Crippen LogP contribution in [0.4, 0.5) is 13.2 Å². The number of methoxy groups -OCH3 is 1. The maximum atomic E-state index is 12.5. The summed E-state index contributed by atoms with van der Waals surface area (Å²) in [5.74, 6) is 0.915. The van der Waals surface area contributed by atoms with Gasteiger partial charge in [-0.1, -0.05) is 0 Å². The minimum atomic E-state index is -4.40. The largest absolute Gasteiger partial charge is 0.477 e. The number of rotatable bonds is 3. The lowest BCUT2D eigenvalue weighted by atomic mass is 10.2. The Morgan fingerprint density at radius 1 is 1.00 bits per heavy atom. The van der Waals surface area contributed by atoms with Crippen molar-refractivity contribution >= 4 is 11.3 Å². The summed E-state index contributed by atoms with van der Waals surface area (Å²) in [6.45, 7) is 1.74. The fraction of sp³-hybridized carbons (Fsp3) is 0.214. The highest BCUT2D eigenvalue weighted by atomic mass is 19.4. The summed E-state index contributed by atoms with van der Waals surface area (Å²) >= 11 is 0. The van der Waals surface area contributed by atoms with Gasteiger partial charge < -0.3 is 14.5 Å². The molecule has 0 aliphatic heterocycles. The summed E-state index contributed by atoms with van der Waals surface area (Å²) in [6, 6.07) is 4.24. The Balaban J connectivity index is 1.94. The molecule has 6 nitrogen and oxygen atoms in total. The molecule has 9 heteroatoms. The number of nitrogens with one attached hydrogen (secondary N) is 1. The van der Waals surface area contributed by atoms with Gasteiger partial charge in [0.05, 0.1) is 12.7 Å². The van der Waals surface area contributed by atoms with Gasteiger partial charge in [-0.25, -0.2) is 4.98 Å². The zero-order valence-electron chi connectivity index (χ0n) is 12.1. The molecule has 0 bridgehead atoms. The van der Waals surface area contributed by atoms with E-state index in [-0.39, 0.29) is 17.5 Å². The molecule has 2 aromatic heterocycles. The third-order valence-corrected chi connectivity index (χ3v) is 2.98. The average molecular weight is 324 g/mol. The summed E-state index contributed by atoms with van der Waals surface area (Å²) in [5, 5.41) is 0. The van der Waals surface area contributed by atoms with Crippen LogP contribution in [0.25, 0.3) is 11.3 Å². The van der Waals surface area contributed by atoms with E-state index in [2.05, 4.69) is 19.9 Å². The molecule has 2 heterocycles. The van der Waals surface area contributed by atoms with Gasteiger partial charge in [0, 0.05) is 0 Å². The Morgan fingerprint density at radius 3 is 2.30 bits per heavy atom. The zero-order chi connectivity index (χ0) is 16.6. The maximum absolute atomic E-state index is 12.5. The first-order valence-electron chi connectivity index (χ1n) is 6.50. The van der Waals surface area contributed by atoms with E-state index in [1.807, 2.05) is 0 Å². The molecule has 0 spiro atoms. The standard InChI is InChI=1S/C14H11F3N4O2/c1-7-18-10-11(19-7)21-13(12(20-10)22-2)23-9-5-3-8(4-6-9)14(15,16)17/h3-6H,1-2H3,(H,18,19,20,21). The topological polar surface area (TPSA) is 72.9 Å². The molecule has 0 aliphatic carbocycles. The first-order valence-corrected chi connectivity index (χ1v) is 6.50. The van der Waals surface area contributed by atoms with E-state index in [0.717, 1.165) is 12.1 Å². The molecule has 0 radical (unpaired) electrons. The third-order valence-electron chi connectivity index (χ3n) is 2.98. The number of alkyl halides is 3. The number of ether oxygens (including phenoxy) is 2. The van der Waals surface area contributed by atoms with Gasteiger partial charge in [-0.2, -0.15) is 23.1 Å². The molecule has 3 aromatic rings. The summed E-state index contributed by atoms with van der Waals surface area (Å²) in [7, 11) is 1.39. The molecule has 1 N–H and O–H groups in total. The average Bonchev–Trinajstić information content (AvgIpc) is 2.85. The summed E-state index contributed by atoms with van der Waals surface area (Å²) in [4.78, 5) is 15.3. The SMILES string of the molecule is COc1nc2[nH]c(C)nc2nc1Oc1ccc(C(F)(F)F)cc1. The molecule has 0 saturated heterocycles. The van der Waals surface area contributed by atoms with Crippen molar-refractivity contribution in [1.82, 2.24) is 19.9 Å². The van der Waals surface area contributed by atoms with Crippen molar-refractivity contribution < 1.29 is 22.6 Å². The van der Waals surface area contributed by atoms with Crippen molar-refractivity contribution in [1.29, 1.82) is 0 Å². The van der Waals surface area contributed by atoms with E-state index in [1.54, 1.807) is 6.92 Å². The van der Waals surface area contributed by atoms with Crippen LogP contribution in [0.2, 0.25) is 0 Å². The second kappa shape index (κ2) is 5.41. The minimum absolute atomic E-state index is 0.0197. The Bertz CT molecular complexity index is 844. The predicted molar refractivity (Wildman–Crippen MR) is 74.5 cm³/mol. The van der Waals surface area contributed by atoms with Crippen molar-refractivity contribution in [2.24, 2.45) is 0 Å². The van der Waals surface area contributed by atoms with Crippen molar-refractivity contribution in [3.8, 4) is 17.5 Å². The van der Waals surface area contributed by atoms with Gasteiger partial charge in [0.2, 0.25) is 5.65 Å². The first-order chi connectivity index (χ1) is 10.9. The molecule has 0 atom stereocenters. The minimum Gasteiger partial charge on any atom is -0.477 e. The van der Waals surface area contributed by atoms with Crippen molar-refractivity contribution in [3.63, 3.8) is 0 Å². The van der Waals surface area contributed by atoms with Crippen LogP contribution in [0.1, 0.15) is 11.4 Å². The molecule has 1 aromatic carbocycles. The maximum Gasteiger partial charge on any atom is 0.416 e. The van der Waals surface area contributed by atoms with Crippen LogP contribution in [0, 0.1) is 6.92 Å². The van der Waals surface area contributed by atoms with Gasteiger partial charge in [0.1, 0.15) is 11.6 Å². The van der Waals surface area contributed by atoms with Gasteiger partial charge in [0.15, 0.2) is 5.65 Å². The third kappa shape index (κ3) is 3.03. The lowest BCUT2D eigenvalue weighted by Crippen LogP contribution is -2.04. The molecule has 0 fully saturated rings. The second-order valence-electron chi connectivity index (χ2n) is 4.66. The Labute approximate surface area is 128 Å². The highest BCUT2D eigenvalue weighted by Crippen LogP contribution is 2.33. The number of aromatic amines is 1. The number of fused-ring (bicyclic) bond motifs is 1. The number of aromatic nitrogens is 4. The van der Waals surface area contributed by atoms with Crippen molar-refractivity contribution in [2.45, 2.75) is 13.1 Å². The number of aryl methyl sites for hydroxylation is 1. The van der Waals surface area contributed by atoms with Crippen LogP contribution in [0.15, 0.2) is 24.3 Å². The lowest BCUT2D eigenvalue weighted by molar-refractivity contribution is -0.137. The number of H-pyrrole nitrogens is 1. The predicted octanol–water partition coefficient (Wildman–Crippen LogP) is 3.48. The van der Waals surface area contributed by atoms with Crippen LogP contribution < -0.4 is 9.47 Å². The lowest BCUT2D eigenvalue weighted by Gasteiger charge is -2.10. The van der Waals surface area contributed by atoms with E-state index in [0.29, 0.717) is 17.1 Å². The molecule has 0 amide bonds. The van der Waals surface area contributed by atoms with E-state index in [1.165, 1.54) is 19.2 Å². The van der Waals surface area contributed by atoms with Gasteiger partial charge in [-0.3, -0.25) is 0 Å². The quantitative estimate of drug-likeness (QED) is 0.798. The van der Waals surface area contributed by atoms with E-state index in [4.69, 9.17) is 9.47 Å². The van der Waals surface area contributed by atoms with Crippen molar-refractivity contribution in [3.05, 3.63) is 35.7 Å².